The maximum atomic E-state index is 12.1. The third-order valence-corrected chi connectivity index (χ3v) is 4.44. The van der Waals surface area contributed by atoms with Gasteiger partial charge in [-0.3, -0.25) is 9.59 Å². The first-order valence-corrected chi connectivity index (χ1v) is 8.98. The minimum Gasteiger partial charge on any atom is -0.347 e. The van der Waals surface area contributed by atoms with Gasteiger partial charge in [0.2, 0.25) is 11.8 Å². The molecule has 8 heteroatoms. The van der Waals surface area contributed by atoms with Gasteiger partial charge in [-0.2, -0.15) is 13.2 Å². The third kappa shape index (κ3) is 7.82. The molecule has 0 saturated heterocycles. The van der Waals surface area contributed by atoms with Crippen LogP contribution in [0.4, 0.5) is 18.9 Å². The van der Waals surface area contributed by atoms with E-state index in [9.17, 15) is 22.8 Å². The first kappa shape index (κ1) is 21.0. The molecular weight excluding hydrogens is 425 g/mol. The minimum absolute atomic E-state index is 0.151. The van der Waals surface area contributed by atoms with Crippen LogP contribution in [0.3, 0.4) is 0 Å². The molecule has 0 aliphatic rings. The van der Waals surface area contributed by atoms with Crippen molar-refractivity contribution in [3.63, 3.8) is 0 Å². The van der Waals surface area contributed by atoms with E-state index in [1.165, 1.54) is 0 Å². The van der Waals surface area contributed by atoms with Crippen molar-refractivity contribution < 1.29 is 22.8 Å². The van der Waals surface area contributed by atoms with Crippen molar-refractivity contribution >= 4 is 33.4 Å². The summed E-state index contributed by atoms with van der Waals surface area (Å²) < 4.78 is 37.1. The van der Waals surface area contributed by atoms with E-state index in [4.69, 9.17) is 0 Å². The van der Waals surface area contributed by atoms with E-state index < -0.39 is 18.6 Å². The van der Waals surface area contributed by atoms with Gasteiger partial charge in [0, 0.05) is 16.6 Å². The van der Waals surface area contributed by atoms with Crippen molar-refractivity contribution in [3.8, 4) is 0 Å². The van der Waals surface area contributed by atoms with Crippen LogP contribution in [0.15, 0.2) is 53.0 Å². The van der Waals surface area contributed by atoms with Gasteiger partial charge in [0.25, 0.3) is 0 Å². The number of carbonyl (C=O) groups is 2. The monoisotopic (exact) mass is 442 g/mol. The van der Waals surface area contributed by atoms with Gasteiger partial charge < -0.3 is 10.6 Å². The lowest BCUT2D eigenvalue weighted by Crippen LogP contribution is -2.34. The van der Waals surface area contributed by atoms with E-state index in [1.54, 1.807) is 24.3 Å². The van der Waals surface area contributed by atoms with Crippen LogP contribution >= 0.6 is 15.9 Å². The van der Waals surface area contributed by atoms with Crippen molar-refractivity contribution in [3.05, 3.63) is 64.1 Å². The molecule has 0 radical (unpaired) electrons. The summed E-state index contributed by atoms with van der Waals surface area (Å²) in [5.41, 5.74) is 2.15. The SMILES string of the molecule is O=C(Cc1ccc(NC(=O)CCc2ccccc2Br)cc1)NCC(F)(F)F. The van der Waals surface area contributed by atoms with Gasteiger partial charge in [-0.15, -0.1) is 0 Å². The smallest absolute Gasteiger partial charge is 0.347 e. The average molecular weight is 443 g/mol. The topological polar surface area (TPSA) is 58.2 Å². The van der Waals surface area contributed by atoms with E-state index in [2.05, 4.69) is 21.2 Å². The van der Waals surface area contributed by atoms with E-state index >= 15 is 0 Å². The number of alkyl halides is 3. The van der Waals surface area contributed by atoms with E-state index in [0.717, 1.165) is 10.0 Å². The number of hydrogen-bond donors (Lipinski definition) is 2. The van der Waals surface area contributed by atoms with Gasteiger partial charge in [-0.1, -0.05) is 46.3 Å². The van der Waals surface area contributed by atoms with Gasteiger partial charge in [0.15, 0.2) is 0 Å². The van der Waals surface area contributed by atoms with Crippen LogP contribution in [-0.4, -0.2) is 24.5 Å². The molecule has 4 nitrogen and oxygen atoms in total. The van der Waals surface area contributed by atoms with E-state index in [0.29, 0.717) is 24.1 Å². The summed E-state index contributed by atoms with van der Waals surface area (Å²) in [7, 11) is 0. The molecule has 0 aliphatic carbocycles. The number of anilines is 1. The molecule has 2 aromatic rings. The Hall–Kier alpha value is -2.35. The fourth-order valence-corrected chi connectivity index (χ4v) is 2.81. The van der Waals surface area contributed by atoms with Crippen LogP contribution in [0.25, 0.3) is 0 Å². The first-order chi connectivity index (χ1) is 12.7. The summed E-state index contributed by atoms with van der Waals surface area (Å²) in [5, 5.41) is 4.57. The van der Waals surface area contributed by atoms with Crippen molar-refractivity contribution in [1.82, 2.24) is 5.32 Å². The number of amides is 2. The lowest BCUT2D eigenvalue weighted by molar-refractivity contribution is -0.138. The summed E-state index contributed by atoms with van der Waals surface area (Å²) in [6, 6.07) is 14.1. The Morgan fingerprint density at radius 1 is 0.963 bits per heavy atom. The first-order valence-electron chi connectivity index (χ1n) is 8.18. The normalized spacial score (nSPS) is 11.1. The molecule has 0 atom stereocenters. The van der Waals surface area contributed by atoms with E-state index in [1.807, 2.05) is 29.6 Å². The fourth-order valence-electron chi connectivity index (χ4n) is 2.33. The number of hydrogen-bond acceptors (Lipinski definition) is 2. The van der Waals surface area contributed by atoms with Crippen LogP contribution < -0.4 is 10.6 Å². The van der Waals surface area contributed by atoms with Crippen LogP contribution in [-0.2, 0) is 22.4 Å². The second-order valence-electron chi connectivity index (χ2n) is 5.91. The largest absolute Gasteiger partial charge is 0.405 e. The molecule has 0 spiro atoms. The summed E-state index contributed by atoms with van der Waals surface area (Å²) in [6.45, 7) is -1.35. The molecule has 2 N–H and O–H groups in total. The zero-order valence-corrected chi connectivity index (χ0v) is 15.9. The lowest BCUT2D eigenvalue weighted by Gasteiger charge is -2.09. The highest BCUT2D eigenvalue weighted by molar-refractivity contribution is 9.10. The van der Waals surface area contributed by atoms with Gasteiger partial charge in [-0.25, -0.2) is 0 Å². The molecule has 2 rings (SSSR count). The van der Waals surface area contributed by atoms with Crippen molar-refractivity contribution in [1.29, 1.82) is 0 Å². The number of aryl methyl sites for hydroxylation is 1. The number of benzene rings is 2. The quantitative estimate of drug-likeness (QED) is 0.673. The molecule has 27 heavy (non-hydrogen) atoms. The Kier molecular flexibility index (Phi) is 7.41. The van der Waals surface area contributed by atoms with Gasteiger partial charge >= 0.3 is 6.18 Å². The Bertz CT molecular complexity index is 792. The van der Waals surface area contributed by atoms with Crippen LogP contribution in [0.5, 0.6) is 0 Å². The second kappa shape index (κ2) is 9.55. The van der Waals surface area contributed by atoms with Crippen molar-refractivity contribution in [2.24, 2.45) is 0 Å². The zero-order chi connectivity index (χ0) is 19.9. The minimum atomic E-state index is -4.43. The predicted molar refractivity (Wildman–Crippen MR) is 100 cm³/mol. The average Bonchev–Trinajstić information content (AvgIpc) is 2.60. The summed E-state index contributed by atoms with van der Waals surface area (Å²) in [5.74, 6) is -0.862. The predicted octanol–water partition coefficient (Wildman–Crippen LogP) is 4.24. The van der Waals surface area contributed by atoms with Crippen LogP contribution in [0.1, 0.15) is 17.5 Å². The van der Waals surface area contributed by atoms with E-state index in [-0.39, 0.29) is 12.3 Å². The molecular formula is C19H18BrF3N2O2. The Balaban J connectivity index is 1.80. The number of rotatable bonds is 7. The van der Waals surface area contributed by atoms with Crippen LogP contribution in [0.2, 0.25) is 0 Å². The van der Waals surface area contributed by atoms with Gasteiger partial charge in [0.1, 0.15) is 6.54 Å². The van der Waals surface area contributed by atoms with Crippen LogP contribution in [0, 0.1) is 0 Å². The Labute approximate surface area is 163 Å². The fraction of sp³-hybridized carbons (Fsp3) is 0.263. The number of halogens is 4. The highest BCUT2D eigenvalue weighted by atomic mass is 79.9. The Morgan fingerprint density at radius 3 is 2.26 bits per heavy atom. The van der Waals surface area contributed by atoms with Crippen molar-refractivity contribution in [2.75, 3.05) is 11.9 Å². The van der Waals surface area contributed by atoms with Gasteiger partial charge in [0.05, 0.1) is 6.42 Å². The highest BCUT2D eigenvalue weighted by Gasteiger charge is 2.27. The molecule has 0 aliphatic heterocycles. The summed E-state index contributed by atoms with van der Waals surface area (Å²) in [4.78, 5) is 23.5. The standard InChI is InChI=1S/C19H18BrF3N2O2/c20-16-4-2-1-3-14(16)7-10-17(26)25-15-8-5-13(6-9-15)11-18(27)24-12-19(21,22)23/h1-6,8-9H,7,10-12H2,(H,24,27)(H,25,26). The van der Waals surface area contributed by atoms with Gasteiger partial charge in [-0.05, 0) is 35.7 Å². The molecule has 0 heterocycles. The molecule has 0 aromatic heterocycles. The zero-order valence-electron chi connectivity index (χ0n) is 14.3. The maximum absolute atomic E-state index is 12.1. The molecule has 0 unspecified atom stereocenters. The molecule has 2 amide bonds. The summed E-state index contributed by atoms with van der Waals surface area (Å²) in [6.07, 6.45) is -3.69. The Morgan fingerprint density at radius 2 is 1.63 bits per heavy atom. The highest BCUT2D eigenvalue weighted by Crippen LogP contribution is 2.18. The lowest BCUT2D eigenvalue weighted by atomic mass is 10.1. The molecule has 0 bridgehead atoms. The summed E-state index contributed by atoms with van der Waals surface area (Å²) >= 11 is 3.44. The molecule has 0 fully saturated rings. The number of carbonyl (C=O) groups excluding carboxylic acids is 2. The number of nitrogens with one attached hydrogen (secondary N) is 2. The van der Waals surface area contributed by atoms with Crippen molar-refractivity contribution in [2.45, 2.75) is 25.4 Å². The third-order valence-electron chi connectivity index (χ3n) is 3.67. The second-order valence-corrected chi connectivity index (χ2v) is 6.76. The molecule has 144 valence electrons. The molecule has 2 aromatic carbocycles. The maximum Gasteiger partial charge on any atom is 0.405 e. The molecule has 0 saturated carbocycles.